The van der Waals surface area contributed by atoms with Crippen molar-refractivity contribution in [3.8, 4) is 0 Å². The van der Waals surface area contributed by atoms with Crippen molar-refractivity contribution < 1.29 is 9.53 Å². The van der Waals surface area contributed by atoms with E-state index in [2.05, 4.69) is 20.4 Å². The lowest BCUT2D eigenvalue weighted by molar-refractivity contribution is 0.102. The van der Waals surface area contributed by atoms with Gasteiger partial charge in [-0.2, -0.15) is 0 Å². The highest BCUT2D eigenvalue weighted by Crippen LogP contribution is 2.14. The van der Waals surface area contributed by atoms with Gasteiger partial charge in [0.05, 0.1) is 13.2 Å². The first-order valence-electron chi connectivity index (χ1n) is 7.27. The molecule has 0 atom stereocenters. The SMILES string of the molecule is Cc1ccccc1C(=O)Nc1ccc(N2CCOCC2)nn1. The second-order valence-electron chi connectivity index (χ2n) is 5.15. The molecule has 114 valence electrons. The van der Waals surface area contributed by atoms with Gasteiger partial charge in [0.15, 0.2) is 11.6 Å². The number of hydrogen-bond donors (Lipinski definition) is 1. The van der Waals surface area contributed by atoms with E-state index < -0.39 is 0 Å². The van der Waals surface area contributed by atoms with Gasteiger partial charge in [-0.25, -0.2) is 0 Å². The molecule has 2 heterocycles. The quantitative estimate of drug-likeness (QED) is 0.937. The number of aryl methyl sites for hydroxylation is 1. The molecular weight excluding hydrogens is 280 g/mol. The summed E-state index contributed by atoms with van der Waals surface area (Å²) in [6, 6.07) is 11.1. The van der Waals surface area contributed by atoms with Crippen LogP contribution in [-0.4, -0.2) is 42.4 Å². The van der Waals surface area contributed by atoms with Crippen molar-refractivity contribution in [3.63, 3.8) is 0 Å². The average Bonchev–Trinajstić information content (AvgIpc) is 2.57. The summed E-state index contributed by atoms with van der Waals surface area (Å²) in [4.78, 5) is 14.3. The fourth-order valence-electron chi connectivity index (χ4n) is 2.36. The van der Waals surface area contributed by atoms with Crippen molar-refractivity contribution in [2.24, 2.45) is 0 Å². The van der Waals surface area contributed by atoms with E-state index in [9.17, 15) is 4.79 Å². The van der Waals surface area contributed by atoms with Crippen LogP contribution in [0.25, 0.3) is 0 Å². The molecule has 22 heavy (non-hydrogen) atoms. The molecule has 2 aromatic rings. The van der Waals surface area contributed by atoms with Crippen molar-refractivity contribution in [2.75, 3.05) is 36.5 Å². The van der Waals surface area contributed by atoms with Gasteiger partial charge in [0, 0.05) is 18.7 Å². The number of anilines is 2. The first kappa shape index (κ1) is 14.5. The zero-order chi connectivity index (χ0) is 15.4. The standard InChI is InChI=1S/C16H18N4O2/c1-12-4-2-3-5-13(12)16(21)17-14-6-7-15(19-18-14)20-8-10-22-11-9-20/h2-7H,8-11H2,1H3,(H,17,18,21). The summed E-state index contributed by atoms with van der Waals surface area (Å²) >= 11 is 0. The highest BCUT2D eigenvalue weighted by Gasteiger charge is 2.14. The van der Waals surface area contributed by atoms with Gasteiger partial charge in [0.2, 0.25) is 0 Å². The third kappa shape index (κ3) is 3.23. The molecule has 1 amide bonds. The fourth-order valence-corrected chi connectivity index (χ4v) is 2.36. The number of carbonyl (C=O) groups excluding carboxylic acids is 1. The molecule has 0 radical (unpaired) electrons. The monoisotopic (exact) mass is 298 g/mol. The van der Waals surface area contributed by atoms with E-state index in [-0.39, 0.29) is 5.91 Å². The number of amides is 1. The Morgan fingerprint density at radius 3 is 2.59 bits per heavy atom. The van der Waals surface area contributed by atoms with E-state index in [1.807, 2.05) is 31.2 Å². The molecule has 1 aliphatic heterocycles. The largest absolute Gasteiger partial charge is 0.378 e. The average molecular weight is 298 g/mol. The summed E-state index contributed by atoms with van der Waals surface area (Å²) in [6.45, 7) is 4.93. The third-order valence-electron chi connectivity index (χ3n) is 3.62. The van der Waals surface area contributed by atoms with Crippen molar-refractivity contribution in [3.05, 3.63) is 47.5 Å². The Morgan fingerprint density at radius 2 is 1.91 bits per heavy atom. The Morgan fingerprint density at radius 1 is 1.14 bits per heavy atom. The van der Waals surface area contributed by atoms with Gasteiger partial charge < -0.3 is 15.0 Å². The summed E-state index contributed by atoms with van der Waals surface area (Å²) in [6.07, 6.45) is 0. The number of rotatable bonds is 3. The summed E-state index contributed by atoms with van der Waals surface area (Å²) in [5.74, 6) is 1.08. The Bertz CT molecular complexity index is 651. The lowest BCUT2D eigenvalue weighted by atomic mass is 10.1. The highest BCUT2D eigenvalue weighted by molar-refractivity contribution is 6.04. The Labute approximate surface area is 129 Å². The van der Waals surface area contributed by atoms with Gasteiger partial charge in [-0.05, 0) is 30.7 Å². The number of benzene rings is 1. The second-order valence-corrected chi connectivity index (χ2v) is 5.15. The van der Waals surface area contributed by atoms with E-state index >= 15 is 0 Å². The minimum atomic E-state index is -0.175. The number of aromatic nitrogens is 2. The number of morpholine rings is 1. The molecule has 1 N–H and O–H groups in total. The predicted octanol–water partition coefficient (Wildman–Crippen LogP) is 1.87. The van der Waals surface area contributed by atoms with E-state index in [4.69, 9.17) is 4.74 Å². The van der Waals surface area contributed by atoms with Crippen molar-refractivity contribution >= 4 is 17.5 Å². The van der Waals surface area contributed by atoms with Crippen LogP contribution in [0, 0.1) is 6.92 Å². The van der Waals surface area contributed by atoms with Crippen LogP contribution in [0.3, 0.4) is 0 Å². The first-order chi connectivity index (χ1) is 10.7. The number of carbonyl (C=O) groups is 1. The number of nitrogens with one attached hydrogen (secondary N) is 1. The zero-order valence-corrected chi connectivity index (χ0v) is 12.5. The first-order valence-corrected chi connectivity index (χ1v) is 7.27. The molecule has 6 heteroatoms. The molecule has 1 saturated heterocycles. The number of nitrogens with zero attached hydrogens (tertiary/aromatic N) is 3. The molecular formula is C16H18N4O2. The van der Waals surface area contributed by atoms with Crippen LogP contribution >= 0.6 is 0 Å². The number of ether oxygens (including phenoxy) is 1. The smallest absolute Gasteiger partial charge is 0.257 e. The zero-order valence-electron chi connectivity index (χ0n) is 12.5. The molecule has 6 nitrogen and oxygen atoms in total. The van der Waals surface area contributed by atoms with Crippen LogP contribution in [-0.2, 0) is 4.74 Å². The summed E-state index contributed by atoms with van der Waals surface area (Å²) in [5.41, 5.74) is 1.57. The van der Waals surface area contributed by atoms with E-state index in [0.717, 1.165) is 24.5 Å². The van der Waals surface area contributed by atoms with E-state index in [1.54, 1.807) is 12.1 Å². The van der Waals surface area contributed by atoms with Crippen molar-refractivity contribution in [1.82, 2.24) is 10.2 Å². The molecule has 0 saturated carbocycles. The summed E-state index contributed by atoms with van der Waals surface area (Å²) in [5, 5.41) is 11.0. The van der Waals surface area contributed by atoms with Crippen LogP contribution in [0.15, 0.2) is 36.4 Å². The Balaban J connectivity index is 1.68. The van der Waals surface area contributed by atoms with Crippen molar-refractivity contribution in [1.29, 1.82) is 0 Å². The lowest BCUT2D eigenvalue weighted by Crippen LogP contribution is -2.36. The van der Waals surface area contributed by atoms with Crippen molar-refractivity contribution in [2.45, 2.75) is 6.92 Å². The van der Waals surface area contributed by atoms with E-state index in [0.29, 0.717) is 24.6 Å². The van der Waals surface area contributed by atoms with Gasteiger partial charge in [-0.15, -0.1) is 10.2 Å². The Hall–Kier alpha value is -2.47. The van der Waals surface area contributed by atoms with E-state index in [1.165, 1.54) is 0 Å². The number of hydrogen-bond acceptors (Lipinski definition) is 5. The predicted molar refractivity (Wildman–Crippen MR) is 84.2 cm³/mol. The molecule has 1 aromatic carbocycles. The minimum absolute atomic E-state index is 0.175. The highest BCUT2D eigenvalue weighted by atomic mass is 16.5. The maximum absolute atomic E-state index is 12.2. The molecule has 1 aromatic heterocycles. The lowest BCUT2D eigenvalue weighted by Gasteiger charge is -2.27. The maximum atomic E-state index is 12.2. The third-order valence-corrected chi connectivity index (χ3v) is 3.62. The van der Waals surface area contributed by atoms with Crippen LogP contribution in [0.1, 0.15) is 15.9 Å². The topological polar surface area (TPSA) is 67.4 Å². The Kier molecular flexibility index (Phi) is 4.29. The van der Waals surface area contributed by atoms with Crippen LogP contribution < -0.4 is 10.2 Å². The van der Waals surface area contributed by atoms with Crippen LogP contribution in [0.5, 0.6) is 0 Å². The normalized spacial score (nSPS) is 14.7. The van der Waals surface area contributed by atoms with Crippen LogP contribution in [0.2, 0.25) is 0 Å². The molecule has 0 spiro atoms. The van der Waals surface area contributed by atoms with Crippen LogP contribution in [0.4, 0.5) is 11.6 Å². The summed E-state index contributed by atoms with van der Waals surface area (Å²) < 4.78 is 5.31. The molecule has 0 bridgehead atoms. The van der Waals surface area contributed by atoms with Gasteiger partial charge >= 0.3 is 0 Å². The molecule has 1 aliphatic rings. The summed E-state index contributed by atoms with van der Waals surface area (Å²) in [7, 11) is 0. The fraction of sp³-hybridized carbons (Fsp3) is 0.312. The molecule has 0 unspecified atom stereocenters. The van der Waals surface area contributed by atoms with Gasteiger partial charge in [-0.1, -0.05) is 18.2 Å². The minimum Gasteiger partial charge on any atom is -0.378 e. The maximum Gasteiger partial charge on any atom is 0.257 e. The molecule has 1 fully saturated rings. The second kappa shape index (κ2) is 6.53. The van der Waals surface area contributed by atoms with Gasteiger partial charge in [0.25, 0.3) is 5.91 Å². The van der Waals surface area contributed by atoms with Gasteiger partial charge in [0.1, 0.15) is 0 Å². The molecule has 0 aliphatic carbocycles. The van der Waals surface area contributed by atoms with Gasteiger partial charge in [-0.3, -0.25) is 4.79 Å². The molecule has 3 rings (SSSR count).